The summed E-state index contributed by atoms with van der Waals surface area (Å²) in [5.41, 5.74) is 6.50. The molecule has 0 aliphatic carbocycles. The van der Waals surface area contributed by atoms with E-state index in [0.29, 0.717) is 10.6 Å². The zero-order valence-corrected chi connectivity index (χ0v) is 12.1. The minimum Gasteiger partial charge on any atom is -0.388 e. The van der Waals surface area contributed by atoms with Crippen molar-refractivity contribution in [3.63, 3.8) is 0 Å². The molecular weight excluding hydrogens is 300 g/mol. The highest BCUT2D eigenvalue weighted by Crippen LogP contribution is 2.36. The molecule has 0 fully saturated rings. The van der Waals surface area contributed by atoms with Gasteiger partial charge in [0.25, 0.3) is 0 Å². The van der Waals surface area contributed by atoms with Crippen LogP contribution in [0.25, 0.3) is 0 Å². The van der Waals surface area contributed by atoms with Crippen LogP contribution in [0.5, 0.6) is 0 Å². The van der Waals surface area contributed by atoms with Gasteiger partial charge in [-0.1, -0.05) is 41.4 Å². The van der Waals surface area contributed by atoms with Gasteiger partial charge in [-0.25, -0.2) is 4.39 Å². The first kappa shape index (κ1) is 15.3. The van der Waals surface area contributed by atoms with Crippen molar-refractivity contribution in [2.75, 3.05) is 6.54 Å². The largest absolute Gasteiger partial charge is 0.388 e. The second kappa shape index (κ2) is 6.55. The molecule has 3 N–H and O–H groups in total. The van der Waals surface area contributed by atoms with Crippen LogP contribution in [0.3, 0.4) is 0 Å². The fraction of sp³-hybridized carbons (Fsp3) is 0.200. The number of hydrogen-bond donors (Lipinski definition) is 2. The Morgan fingerprint density at radius 3 is 2.45 bits per heavy atom. The minimum absolute atomic E-state index is 0.0638. The Kier molecular flexibility index (Phi) is 5.00. The lowest BCUT2D eigenvalue weighted by Gasteiger charge is -2.23. The fourth-order valence-corrected chi connectivity index (χ4v) is 2.69. The molecule has 2 atom stereocenters. The molecule has 2 nitrogen and oxygen atoms in total. The Bertz CT molecular complexity index is 586. The smallest absolute Gasteiger partial charge is 0.128 e. The molecule has 2 rings (SSSR count). The van der Waals surface area contributed by atoms with Crippen molar-refractivity contribution in [3.05, 3.63) is 69.5 Å². The Balaban J connectivity index is 2.42. The Labute approximate surface area is 126 Å². The zero-order valence-electron chi connectivity index (χ0n) is 10.6. The molecule has 0 saturated heterocycles. The van der Waals surface area contributed by atoms with Gasteiger partial charge in [0.1, 0.15) is 5.82 Å². The topological polar surface area (TPSA) is 46.2 Å². The number of hydrogen-bond acceptors (Lipinski definition) is 2. The van der Waals surface area contributed by atoms with Gasteiger partial charge in [-0.2, -0.15) is 0 Å². The maximum atomic E-state index is 14.0. The van der Waals surface area contributed by atoms with Crippen molar-refractivity contribution < 1.29 is 9.50 Å². The van der Waals surface area contributed by atoms with Gasteiger partial charge >= 0.3 is 0 Å². The first-order valence-electron chi connectivity index (χ1n) is 6.12. The van der Waals surface area contributed by atoms with E-state index in [-0.39, 0.29) is 17.1 Å². The summed E-state index contributed by atoms with van der Waals surface area (Å²) in [5, 5.41) is 11.2. The highest BCUT2D eigenvalue weighted by Gasteiger charge is 2.26. The van der Waals surface area contributed by atoms with E-state index >= 15 is 0 Å². The molecule has 0 heterocycles. The van der Waals surface area contributed by atoms with E-state index in [1.54, 1.807) is 30.3 Å². The van der Waals surface area contributed by atoms with E-state index in [0.717, 1.165) is 0 Å². The molecule has 2 aromatic carbocycles. The van der Waals surface area contributed by atoms with Gasteiger partial charge < -0.3 is 10.8 Å². The standard InChI is InChI=1S/C15H14Cl2FNO/c16-10-4-1-3-9(7-10)15(20)11(8-19)14-12(17)5-2-6-13(14)18/h1-7,11,15,20H,8,19H2. The van der Waals surface area contributed by atoms with Crippen molar-refractivity contribution >= 4 is 23.2 Å². The molecule has 2 aromatic rings. The monoisotopic (exact) mass is 313 g/mol. The maximum absolute atomic E-state index is 14.0. The molecule has 106 valence electrons. The SMILES string of the molecule is NCC(c1c(F)cccc1Cl)C(O)c1cccc(Cl)c1. The molecule has 0 aliphatic rings. The summed E-state index contributed by atoms with van der Waals surface area (Å²) in [6.45, 7) is 0.0638. The summed E-state index contributed by atoms with van der Waals surface area (Å²) in [4.78, 5) is 0. The van der Waals surface area contributed by atoms with E-state index in [1.165, 1.54) is 12.1 Å². The van der Waals surface area contributed by atoms with Crippen molar-refractivity contribution in [1.82, 2.24) is 0 Å². The summed E-state index contributed by atoms with van der Waals surface area (Å²) < 4.78 is 14.0. The number of rotatable bonds is 4. The van der Waals surface area contributed by atoms with E-state index in [1.807, 2.05) is 0 Å². The van der Waals surface area contributed by atoms with Crippen LogP contribution in [0.1, 0.15) is 23.1 Å². The number of nitrogens with two attached hydrogens (primary N) is 1. The average molecular weight is 314 g/mol. The van der Waals surface area contributed by atoms with Gasteiger partial charge in [-0.05, 0) is 29.8 Å². The molecule has 0 radical (unpaired) electrons. The van der Waals surface area contributed by atoms with E-state index in [2.05, 4.69) is 0 Å². The third kappa shape index (κ3) is 3.13. The molecule has 20 heavy (non-hydrogen) atoms. The van der Waals surface area contributed by atoms with Crippen LogP contribution in [0.15, 0.2) is 42.5 Å². The van der Waals surface area contributed by atoms with Crippen molar-refractivity contribution in [2.24, 2.45) is 5.73 Å². The third-order valence-corrected chi connectivity index (χ3v) is 3.76. The minimum atomic E-state index is -0.979. The van der Waals surface area contributed by atoms with Gasteiger partial charge in [-0.3, -0.25) is 0 Å². The predicted molar refractivity (Wildman–Crippen MR) is 79.6 cm³/mol. The number of aliphatic hydroxyl groups excluding tert-OH is 1. The molecule has 0 amide bonds. The van der Waals surface area contributed by atoms with Crippen LogP contribution >= 0.6 is 23.2 Å². The van der Waals surface area contributed by atoms with E-state index in [9.17, 15) is 9.50 Å². The number of aliphatic hydroxyl groups is 1. The summed E-state index contributed by atoms with van der Waals surface area (Å²) >= 11 is 11.9. The number of halogens is 3. The van der Waals surface area contributed by atoms with Crippen LogP contribution in [0, 0.1) is 5.82 Å². The average Bonchev–Trinajstić information content (AvgIpc) is 2.42. The Hall–Kier alpha value is -1.13. The molecular formula is C15H14Cl2FNO. The fourth-order valence-electron chi connectivity index (χ4n) is 2.19. The van der Waals surface area contributed by atoms with Gasteiger partial charge in [0, 0.05) is 28.1 Å². The van der Waals surface area contributed by atoms with Crippen LogP contribution in [-0.2, 0) is 0 Å². The number of benzene rings is 2. The quantitative estimate of drug-likeness (QED) is 0.899. The molecule has 0 spiro atoms. The van der Waals surface area contributed by atoms with Crippen molar-refractivity contribution in [3.8, 4) is 0 Å². The summed E-state index contributed by atoms with van der Waals surface area (Å²) in [6, 6.07) is 11.2. The lowest BCUT2D eigenvalue weighted by atomic mass is 9.89. The molecule has 0 bridgehead atoms. The summed E-state index contributed by atoms with van der Waals surface area (Å²) in [6.07, 6.45) is -0.979. The van der Waals surface area contributed by atoms with Crippen LogP contribution in [-0.4, -0.2) is 11.7 Å². The highest BCUT2D eigenvalue weighted by molar-refractivity contribution is 6.31. The lowest BCUT2D eigenvalue weighted by molar-refractivity contribution is 0.146. The molecule has 0 aliphatic heterocycles. The second-order valence-corrected chi connectivity index (χ2v) is 5.32. The van der Waals surface area contributed by atoms with Crippen LogP contribution < -0.4 is 5.73 Å². The Morgan fingerprint density at radius 1 is 1.15 bits per heavy atom. The van der Waals surface area contributed by atoms with E-state index < -0.39 is 17.8 Å². The molecule has 2 unspecified atom stereocenters. The zero-order chi connectivity index (χ0) is 14.7. The van der Waals surface area contributed by atoms with Crippen LogP contribution in [0.2, 0.25) is 10.0 Å². The van der Waals surface area contributed by atoms with Crippen molar-refractivity contribution in [2.45, 2.75) is 12.0 Å². The highest BCUT2D eigenvalue weighted by atomic mass is 35.5. The van der Waals surface area contributed by atoms with Gasteiger partial charge in [0.15, 0.2) is 0 Å². The first-order valence-corrected chi connectivity index (χ1v) is 6.87. The molecule has 5 heteroatoms. The maximum Gasteiger partial charge on any atom is 0.128 e. The van der Waals surface area contributed by atoms with Crippen LogP contribution in [0.4, 0.5) is 4.39 Å². The first-order chi connectivity index (χ1) is 9.54. The summed E-state index contributed by atoms with van der Waals surface area (Å²) in [7, 11) is 0. The van der Waals surface area contributed by atoms with Gasteiger partial charge in [0.2, 0.25) is 0 Å². The van der Waals surface area contributed by atoms with Gasteiger partial charge in [0.05, 0.1) is 6.10 Å². The Morgan fingerprint density at radius 2 is 1.85 bits per heavy atom. The second-order valence-electron chi connectivity index (χ2n) is 4.48. The molecule has 0 aromatic heterocycles. The van der Waals surface area contributed by atoms with Gasteiger partial charge in [-0.15, -0.1) is 0 Å². The predicted octanol–water partition coefficient (Wildman–Crippen LogP) is 3.91. The summed E-state index contributed by atoms with van der Waals surface area (Å²) in [5.74, 6) is -1.11. The normalized spacial score (nSPS) is 14.1. The lowest BCUT2D eigenvalue weighted by Crippen LogP contribution is -2.21. The van der Waals surface area contributed by atoms with E-state index in [4.69, 9.17) is 28.9 Å². The molecule has 0 saturated carbocycles. The van der Waals surface area contributed by atoms with Crippen molar-refractivity contribution in [1.29, 1.82) is 0 Å². The third-order valence-electron chi connectivity index (χ3n) is 3.20.